The summed E-state index contributed by atoms with van der Waals surface area (Å²) in [6, 6.07) is 8.85. The van der Waals surface area contributed by atoms with Crippen molar-refractivity contribution in [1.29, 1.82) is 0 Å². The van der Waals surface area contributed by atoms with Gasteiger partial charge in [0.05, 0.1) is 23.8 Å². The Morgan fingerprint density at radius 1 is 1.18 bits per heavy atom. The number of hydrogen-bond donors (Lipinski definition) is 2. The number of aromatic hydroxyl groups is 1. The number of nitrogens with zero attached hydrogens (tertiary/aromatic N) is 5. The van der Waals surface area contributed by atoms with Crippen LogP contribution >= 0.6 is 0 Å². The van der Waals surface area contributed by atoms with Crippen molar-refractivity contribution in [3.8, 4) is 17.0 Å². The summed E-state index contributed by atoms with van der Waals surface area (Å²) in [5.41, 5.74) is 1.94. The van der Waals surface area contributed by atoms with Crippen molar-refractivity contribution >= 4 is 11.7 Å². The molecule has 0 amide bonds. The Hall–Kier alpha value is -3.42. The lowest BCUT2D eigenvalue weighted by molar-refractivity contribution is -0.149. The number of phenolic OH excluding ortho intramolecular Hbond substituents is 1. The zero-order valence-electron chi connectivity index (χ0n) is 15.5. The summed E-state index contributed by atoms with van der Waals surface area (Å²) in [6.45, 7) is 3.01. The number of rotatable bonds is 4. The molecule has 1 aliphatic rings. The number of piperidine rings is 1. The third kappa shape index (κ3) is 3.06. The van der Waals surface area contributed by atoms with Crippen molar-refractivity contribution in [2.24, 2.45) is 0 Å². The Morgan fingerprint density at radius 3 is 2.57 bits per heavy atom. The summed E-state index contributed by atoms with van der Waals surface area (Å²) in [5, 5.41) is 32.4. The Bertz CT molecular complexity index is 1010. The number of aromatic nitrogens is 4. The Balaban J connectivity index is 1.58. The quantitative estimate of drug-likeness (QED) is 0.717. The number of aliphatic carboxylic acids is 1. The predicted molar refractivity (Wildman–Crippen MR) is 103 cm³/mol. The average molecular weight is 379 g/mol. The van der Waals surface area contributed by atoms with Gasteiger partial charge in [-0.2, -0.15) is 15.3 Å². The van der Waals surface area contributed by atoms with E-state index >= 15 is 0 Å². The highest BCUT2D eigenvalue weighted by Gasteiger charge is 2.44. The summed E-state index contributed by atoms with van der Waals surface area (Å²) in [6.07, 6.45) is 5.99. The fourth-order valence-corrected chi connectivity index (χ4v) is 3.67. The molecule has 0 unspecified atom stereocenters. The minimum absolute atomic E-state index is 0.145. The summed E-state index contributed by atoms with van der Waals surface area (Å²) in [4.78, 5) is 14.2. The van der Waals surface area contributed by atoms with Crippen LogP contribution in [0.4, 0.5) is 5.69 Å². The summed E-state index contributed by atoms with van der Waals surface area (Å²) in [5.74, 6) is -0.718. The van der Waals surface area contributed by atoms with Crippen molar-refractivity contribution in [3.05, 3.63) is 54.5 Å². The van der Waals surface area contributed by atoms with E-state index in [0.29, 0.717) is 37.2 Å². The second-order valence-corrected chi connectivity index (χ2v) is 7.10. The summed E-state index contributed by atoms with van der Waals surface area (Å²) < 4.78 is 1.58. The molecular formula is C20H21N5O3. The van der Waals surface area contributed by atoms with E-state index < -0.39 is 11.5 Å². The van der Waals surface area contributed by atoms with Crippen LogP contribution in [0.3, 0.4) is 0 Å². The number of anilines is 1. The second-order valence-electron chi connectivity index (χ2n) is 7.10. The van der Waals surface area contributed by atoms with Gasteiger partial charge >= 0.3 is 5.97 Å². The Kier molecular flexibility index (Phi) is 4.46. The highest BCUT2D eigenvalue weighted by Crippen LogP contribution is 2.34. The zero-order valence-corrected chi connectivity index (χ0v) is 15.5. The van der Waals surface area contributed by atoms with Crippen LogP contribution in [0.1, 0.15) is 18.4 Å². The fourth-order valence-electron chi connectivity index (χ4n) is 3.67. The molecule has 0 bridgehead atoms. The first kappa shape index (κ1) is 18.0. The van der Waals surface area contributed by atoms with Crippen molar-refractivity contribution in [2.75, 3.05) is 18.0 Å². The third-order valence-electron chi connectivity index (χ3n) is 5.32. The van der Waals surface area contributed by atoms with E-state index in [4.69, 9.17) is 0 Å². The van der Waals surface area contributed by atoms with Gasteiger partial charge in [0, 0.05) is 37.7 Å². The lowest BCUT2D eigenvalue weighted by Crippen LogP contribution is -2.51. The van der Waals surface area contributed by atoms with Gasteiger partial charge in [0.15, 0.2) is 5.54 Å². The van der Waals surface area contributed by atoms with E-state index in [1.54, 1.807) is 41.5 Å². The smallest absolute Gasteiger partial charge is 0.331 e. The van der Waals surface area contributed by atoms with E-state index in [1.807, 2.05) is 19.1 Å². The average Bonchev–Trinajstić information content (AvgIpc) is 3.15. The largest absolute Gasteiger partial charge is 0.507 e. The molecule has 8 heteroatoms. The molecule has 2 aromatic heterocycles. The van der Waals surface area contributed by atoms with Gasteiger partial charge < -0.3 is 15.1 Å². The maximum absolute atomic E-state index is 12.1. The maximum Gasteiger partial charge on any atom is 0.331 e. The van der Waals surface area contributed by atoms with Gasteiger partial charge in [0.2, 0.25) is 0 Å². The van der Waals surface area contributed by atoms with E-state index in [9.17, 15) is 15.0 Å². The molecule has 144 valence electrons. The molecule has 2 N–H and O–H groups in total. The van der Waals surface area contributed by atoms with Crippen LogP contribution in [0.15, 0.2) is 48.9 Å². The number of para-hydroxylation sites is 1. The molecule has 0 atom stereocenters. The number of aryl methyl sites for hydroxylation is 1. The minimum atomic E-state index is -1.04. The first-order valence-corrected chi connectivity index (χ1v) is 9.11. The van der Waals surface area contributed by atoms with Gasteiger partial charge in [-0.15, -0.1) is 0 Å². The highest BCUT2D eigenvalue weighted by atomic mass is 16.4. The van der Waals surface area contributed by atoms with Crippen LogP contribution in [0, 0.1) is 6.92 Å². The lowest BCUT2D eigenvalue weighted by Gasteiger charge is -2.39. The number of carbonyl (C=O) groups is 1. The predicted octanol–water partition coefficient (Wildman–Crippen LogP) is 2.43. The van der Waals surface area contributed by atoms with E-state index in [0.717, 1.165) is 11.3 Å². The first-order valence-electron chi connectivity index (χ1n) is 9.11. The molecule has 3 heterocycles. The van der Waals surface area contributed by atoms with E-state index in [2.05, 4.69) is 20.2 Å². The normalized spacial score (nSPS) is 16.1. The molecule has 28 heavy (non-hydrogen) atoms. The van der Waals surface area contributed by atoms with Crippen molar-refractivity contribution in [3.63, 3.8) is 0 Å². The van der Waals surface area contributed by atoms with Gasteiger partial charge in [-0.1, -0.05) is 12.1 Å². The molecule has 0 aliphatic carbocycles. The number of benzene rings is 1. The minimum Gasteiger partial charge on any atom is -0.507 e. The van der Waals surface area contributed by atoms with Crippen molar-refractivity contribution in [1.82, 2.24) is 20.0 Å². The molecule has 1 aliphatic heterocycles. The van der Waals surface area contributed by atoms with Crippen LogP contribution < -0.4 is 4.90 Å². The molecule has 1 saturated heterocycles. The van der Waals surface area contributed by atoms with Crippen LogP contribution in [-0.4, -0.2) is 49.2 Å². The number of carboxylic acid groups (broad SMARTS) is 1. The van der Waals surface area contributed by atoms with Crippen LogP contribution in [0.5, 0.6) is 5.75 Å². The standard InChI is InChI=1S/C20H21N5O3/c1-14-11-22-25(13-14)20(19(27)28)6-8-24(9-7-20)15-10-17(23-21-12-15)16-4-2-3-5-18(16)26/h2-5,10-13,26H,6-9H2,1H3,(H,27,28). The molecule has 8 nitrogen and oxygen atoms in total. The van der Waals surface area contributed by atoms with Crippen molar-refractivity contribution in [2.45, 2.75) is 25.3 Å². The Labute approximate surface area is 162 Å². The first-order chi connectivity index (χ1) is 13.5. The maximum atomic E-state index is 12.1. The molecule has 3 aromatic rings. The van der Waals surface area contributed by atoms with Gasteiger partial charge in [0.1, 0.15) is 5.75 Å². The molecular weight excluding hydrogens is 358 g/mol. The molecule has 1 fully saturated rings. The van der Waals surface area contributed by atoms with Gasteiger partial charge in [-0.25, -0.2) is 4.79 Å². The molecule has 0 saturated carbocycles. The zero-order chi connectivity index (χ0) is 19.7. The Morgan fingerprint density at radius 2 is 1.93 bits per heavy atom. The fraction of sp³-hybridized carbons (Fsp3) is 0.300. The van der Waals surface area contributed by atoms with Crippen LogP contribution in [-0.2, 0) is 10.3 Å². The molecule has 1 aromatic carbocycles. The molecule has 0 radical (unpaired) electrons. The number of hydrogen-bond acceptors (Lipinski definition) is 6. The van der Waals surface area contributed by atoms with Crippen molar-refractivity contribution < 1.29 is 15.0 Å². The summed E-state index contributed by atoms with van der Waals surface area (Å²) in [7, 11) is 0. The van der Waals surface area contributed by atoms with Crippen LogP contribution in [0.2, 0.25) is 0 Å². The van der Waals surface area contributed by atoms with Gasteiger partial charge in [-0.3, -0.25) is 4.68 Å². The van der Waals surface area contributed by atoms with Crippen LogP contribution in [0.25, 0.3) is 11.3 Å². The van der Waals surface area contributed by atoms with E-state index in [1.165, 1.54) is 0 Å². The van der Waals surface area contributed by atoms with Gasteiger partial charge in [-0.05, 0) is 30.7 Å². The van der Waals surface area contributed by atoms with E-state index in [-0.39, 0.29) is 5.75 Å². The monoisotopic (exact) mass is 379 g/mol. The summed E-state index contributed by atoms with van der Waals surface area (Å²) >= 11 is 0. The number of carboxylic acids is 1. The number of phenols is 1. The lowest BCUT2D eigenvalue weighted by atomic mass is 9.87. The SMILES string of the molecule is Cc1cnn(C2(C(=O)O)CCN(c3cnnc(-c4ccccc4O)c3)CC2)c1. The highest BCUT2D eigenvalue weighted by molar-refractivity contribution is 5.77. The topological polar surface area (TPSA) is 104 Å². The molecule has 4 rings (SSSR count). The third-order valence-corrected chi connectivity index (χ3v) is 5.32. The second kappa shape index (κ2) is 6.95. The van der Waals surface area contributed by atoms with Gasteiger partial charge in [0.25, 0.3) is 0 Å². The molecule has 0 spiro atoms.